The number of esters is 1. The standard InChI is InChI=1S/C8H10N2O2/c1-4-7(11)12-8-6(2)5-10(3)9-8/h4-5H,1H2,2-3H3. The molecule has 0 unspecified atom stereocenters. The maximum atomic E-state index is 10.8. The lowest BCUT2D eigenvalue weighted by Gasteiger charge is -1.95. The summed E-state index contributed by atoms with van der Waals surface area (Å²) in [6.07, 6.45) is 2.87. The summed E-state index contributed by atoms with van der Waals surface area (Å²) in [5.41, 5.74) is 0.827. The number of aromatic nitrogens is 2. The summed E-state index contributed by atoms with van der Waals surface area (Å²) in [6, 6.07) is 0. The molecule has 1 heterocycles. The molecule has 0 aliphatic rings. The zero-order valence-electron chi connectivity index (χ0n) is 7.07. The first-order valence-electron chi connectivity index (χ1n) is 3.48. The van der Waals surface area contributed by atoms with Crippen molar-refractivity contribution >= 4 is 5.97 Å². The van der Waals surface area contributed by atoms with Crippen LogP contribution in [0.4, 0.5) is 0 Å². The lowest BCUT2D eigenvalue weighted by Crippen LogP contribution is -2.04. The van der Waals surface area contributed by atoms with E-state index in [1.54, 1.807) is 17.9 Å². The zero-order chi connectivity index (χ0) is 9.14. The fourth-order valence-corrected chi connectivity index (χ4v) is 0.824. The lowest BCUT2D eigenvalue weighted by atomic mass is 10.4. The Hall–Kier alpha value is -1.58. The van der Waals surface area contributed by atoms with Crippen LogP contribution < -0.4 is 4.74 Å². The van der Waals surface area contributed by atoms with Crippen molar-refractivity contribution < 1.29 is 9.53 Å². The van der Waals surface area contributed by atoms with Crippen LogP contribution >= 0.6 is 0 Å². The average Bonchev–Trinajstić information content (AvgIpc) is 2.30. The van der Waals surface area contributed by atoms with Crippen LogP contribution in [0.3, 0.4) is 0 Å². The van der Waals surface area contributed by atoms with Gasteiger partial charge in [0, 0.05) is 24.9 Å². The van der Waals surface area contributed by atoms with Crippen molar-refractivity contribution in [3.05, 3.63) is 24.4 Å². The topological polar surface area (TPSA) is 44.1 Å². The first-order valence-corrected chi connectivity index (χ1v) is 3.48. The molecular weight excluding hydrogens is 156 g/mol. The zero-order valence-corrected chi connectivity index (χ0v) is 7.07. The van der Waals surface area contributed by atoms with Gasteiger partial charge in [0.25, 0.3) is 0 Å². The highest BCUT2D eigenvalue weighted by Crippen LogP contribution is 2.13. The molecule has 12 heavy (non-hydrogen) atoms. The van der Waals surface area contributed by atoms with Crippen LogP contribution in [0.5, 0.6) is 5.88 Å². The van der Waals surface area contributed by atoms with Gasteiger partial charge >= 0.3 is 5.97 Å². The summed E-state index contributed by atoms with van der Waals surface area (Å²) >= 11 is 0. The molecule has 0 amide bonds. The first kappa shape index (κ1) is 8.52. The number of hydrogen-bond donors (Lipinski definition) is 0. The highest BCUT2D eigenvalue weighted by atomic mass is 16.5. The van der Waals surface area contributed by atoms with Crippen molar-refractivity contribution in [2.75, 3.05) is 0 Å². The van der Waals surface area contributed by atoms with Gasteiger partial charge in [-0.1, -0.05) is 6.58 Å². The van der Waals surface area contributed by atoms with Crippen molar-refractivity contribution in [1.29, 1.82) is 0 Å². The third-order valence-electron chi connectivity index (χ3n) is 1.33. The minimum atomic E-state index is -0.489. The molecule has 4 nitrogen and oxygen atoms in total. The summed E-state index contributed by atoms with van der Waals surface area (Å²) in [5, 5.41) is 3.92. The van der Waals surface area contributed by atoms with E-state index in [1.807, 2.05) is 6.92 Å². The van der Waals surface area contributed by atoms with Crippen LogP contribution in [0.25, 0.3) is 0 Å². The summed E-state index contributed by atoms with van der Waals surface area (Å²) in [6.45, 7) is 5.10. The van der Waals surface area contributed by atoms with Gasteiger partial charge in [0.1, 0.15) is 0 Å². The van der Waals surface area contributed by atoms with E-state index in [4.69, 9.17) is 4.74 Å². The second kappa shape index (κ2) is 3.21. The number of hydrogen-bond acceptors (Lipinski definition) is 3. The Morgan fingerprint density at radius 2 is 2.50 bits per heavy atom. The van der Waals surface area contributed by atoms with Crippen molar-refractivity contribution in [1.82, 2.24) is 9.78 Å². The van der Waals surface area contributed by atoms with Gasteiger partial charge < -0.3 is 4.74 Å². The molecule has 0 radical (unpaired) electrons. The minimum absolute atomic E-state index is 0.336. The molecule has 0 aliphatic carbocycles. The molecule has 0 saturated heterocycles. The maximum absolute atomic E-state index is 10.8. The van der Waals surface area contributed by atoms with Gasteiger partial charge in [0.15, 0.2) is 0 Å². The van der Waals surface area contributed by atoms with Gasteiger partial charge in [-0.15, -0.1) is 5.10 Å². The third-order valence-corrected chi connectivity index (χ3v) is 1.33. The highest BCUT2D eigenvalue weighted by Gasteiger charge is 2.06. The number of rotatable bonds is 2. The van der Waals surface area contributed by atoms with Crippen LogP contribution in [0, 0.1) is 6.92 Å². The monoisotopic (exact) mass is 166 g/mol. The van der Waals surface area contributed by atoms with Gasteiger partial charge in [-0.05, 0) is 6.92 Å². The molecule has 0 saturated carbocycles. The number of carbonyl (C=O) groups excluding carboxylic acids is 1. The molecule has 0 spiro atoms. The molecule has 1 rings (SSSR count). The Morgan fingerprint density at radius 3 is 2.92 bits per heavy atom. The van der Waals surface area contributed by atoms with E-state index in [0.29, 0.717) is 5.88 Å². The molecule has 1 aromatic rings. The number of nitrogens with zero attached hydrogens (tertiary/aromatic N) is 2. The largest absolute Gasteiger partial charge is 0.402 e. The van der Waals surface area contributed by atoms with E-state index >= 15 is 0 Å². The van der Waals surface area contributed by atoms with E-state index in [9.17, 15) is 4.79 Å². The smallest absolute Gasteiger partial charge is 0.336 e. The predicted octanol–water partition coefficient (Wildman–Crippen LogP) is 0.820. The van der Waals surface area contributed by atoms with Crippen LogP contribution in [-0.4, -0.2) is 15.7 Å². The molecule has 64 valence electrons. The Balaban J connectivity index is 2.81. The quantitative estimate of drug-likeness (QED) is 0.482. The Kier molecular flexibility index (Phi) is 2.28. The SMILES string of the molecule is C=CC(=O)Oc1nn(C)cc1C. The van der Waals surface area contributed by atoms with Gasteiger partial charge in [0.2, 0.25) is 5.88 Å². The van der Waals surface area contributed by atoms with Crippen LogP contribution in [-0.2, 0) is 11.8 Å². The third kappa shape index (κ3) is 1.72. The van der Waals surface area contributed by atoms with Crippen molar-refractivity contribution in [3.63, 3.8) is 0 Å². The second-order valence-corrected chi connectivity index (χ2v) is 2.42. The van der Waals surface area contributed by atoms with E-state index < -0.39 is 5.97 Å². The fraction of sp³-hybridized carbons (Fsp3) is 0.250. The highest BCUT2D eigenvalue weighted by molar-refractivity contribution is 5.83. The minimum Gasteiger partial charge on any atom is -0.402 e. The molecule has 4 heteroatoms. The summed E-state index contributed by atoms with van der Waals surface area (Å²) in [7, 11) is 1.76. The second-order valence-electron chi connectivity index (χ2n) is 2.42. The first-order chi connectivity index (χ1) is 5.63. The number of carbonyl (C=O) groups is 1. The van der Waals surface area contributed by atoms with Crippen LogP contribution in [0.15, 0.2) is 18.9 Å². The predicted molar refractivity (Wildman–Crippen MR) is 43.8 cm³/mol. The van der Waals surface area contributed by atoms with Gasteiger partial charge in [-0.25, -0.2) is 4.79 Å². The van der Waals surface area contributed by atoms with E-state index in [-0.39, 0.29) is 0 Å². The van der Waals surface area contributed by atoms with E-state index in [1.165, 1.54) is 0 Å². The Bertz CT molecular complexity index is 315. The van der Waals surface area contributed by atoms with Gasteiger partial charge in [-0.2, -0.15) is 0 Å². The summed E-state index contributed by atoms with van der Waals surface area (Å²) in [5.74, 6) is -0.154. The molecule has 0 fully saturated rings. The van der Waals surface area contributed by atoms with Crippen LogP contribution in [0.2, 0.25) is 0 Å². The maximum Gasteiger partial charge on any atom is 0.336 e. The normalized spacial score (nSPS) is 9.50. The van der Waals surface area contributed by atoms with E-state index in [2.05, 4.69) is 11.7 Å². The molecule has 0 atom stereocenters. The summed E-state index contributed by atoms with van der Waals surface area (Å²) < 4.78 is 6.41. The average molecular weight is 166 g/mol. The van der Waals surface area contributed by atoms with Gasteiger partial charge in [0.05, 0.1) is 0 Å². The van der Waals surface area contributed by atoms with E-state index in [0.717, 1.165) is 11.6 Å². The Morgan fingerprint density at radius 1 is 1.83 bits per heavy atom. The molecule has 0 N–H and O–H groups in total. The fourth-order valence-electron chi connectivity index (χ4n) is 0.824. The number of aryl methyl sites for hydroxylation is 2. The molecule has 0 bridgehead atoms. The Labute approximate surface area is 70.4 Å². The van der Waals surface area contributed by atoms with Crippen LogP contribution in [0.1, 0.15) is 5.56 Å². The molecular formula is C8H10N2O2. The van der Waals surface area contributed by atoms with Crippen molar-refractivity contribution in [2.45, 2.75) is 6.92 Å². The van der Waals surface area contributed by atoms with Gasteiger partial charge in [-0.3, -0.25) is 4.68 Å². The molecule has 0 aliphatic heterocycles. The number of ether oxygens (including phenoxy) is 1. The molecule has 1 aromatic heterocycles. The lowest BCUT2D eigenvalue weighted by molar-refractivity contribution is -0.129. The molecule has 0 aromatic carbocycles. The summed E-state index contributed by atoms with van der Waals surface area (Å²) in [4.78, 5) is 10.8. The van der Waals surface area contributed by atoms with Crippen molar-refractivity contribution in [2.24, 2.45) is 7.05 Å². The van der Waals surface area contributed by atoms with Crippen molar-refractivity contribution in [3.8, 4) is 5.88 Å².